The summed E-state index contributed by atoms with van der Waals surface area (Å²) < 4.78 is 16.3. The number of aromatic nitrogens is 1. The van der Waals surface area contributed by atoms with Crippen molar-refractivity contribution in [2.24, 2.45) is 0 Å². The molecule has 4 heteroatoms. The largest absolute Gasteiger partial charge is 0.494 e. The Morgan fingerprint density at radius 1 is 1.25 bits per heavy atom. The number of nitrogens with zero attached hydrogens (tertiary/aromatic N) is 1. The molecule has 2 aromatic rings. The Bertz CT molecular complexity index is 570. The quantitative estimate of drug-likeness (QED) is 0.825. The van der Waals surface area contributed by atoms with Crippen LogP contribution in [0.5, 0.6) is 5.75 Å². The lowest BCUT2D eigenvalue weighted by Gasteiger charge is -2.14. The van der Waals surface area contributed by atoms with Crippen LogP contribution < -0.4 is 4.74 Å². The molecule has 1 aromatic heterocycles. The standard InChI is InChI=1S/C16H21NO3/c1-6-19-15-8-13(11(3)18-5)7-14(9-15)16-10(2)17-20-12(16)4/h7-9,11H,6H2,1-5H3. The van der Waals surface area contributed by atoms with Crippen LogP contribution in [0.3, 0.4) is 0 Å². The van der Waals surface area contributed by atoms with Gasteiger partial charge in [-0.2, -0.15) is 0 Å². The lowest BCUT2D eigenvalue weighted by Crippen LogP contribution is -1.99. The van der Waals surface area contributed by atoms with Gasteiger partial charge in [-0.05, 0) is 57.0 Å². The van der Waals surface area contributed by atoms with Crippen molar-refractivity contribution in [3.05, 3.63) is 35.2 Å². The summed E-state index contributed by atoms with van der Waals surface area (Å²) >= 11 is 0. The molecule has 1 unspecified atom stereocenters. The Kier molecular flexibility index (Phi) is 4.45. The zero-order valence-electron chi connectivity index (χ0n) is 12.7. The molecule has 0 spiro atoms. The number of rotatable bonds is 5. The topological polar surface area (TPSA) is 44.5 Å². The number of benzene rings is 1. The van der Waals surface area contributed by atoms with E-state index < -0.39 is 0 Å². The fourth-order valence-electron chi connectivity index (χ4n) is 2.28. The molecule has 0 amide bonds. The summed E-state index contributed by atoms with van der Waals surface area (Å²) in [6.45, 7) is 8.48. The van der Waals surface area contributed by atoms with Crippen LogP contribution in [0, 0.1) is 13.8 Å². The summed E-state index contributed by atoms with van der Waals surface area (Å²) in [7, 11) is 1.70. The Balaban J connectivity index is 2.54. The molecule has 1 heterocycles. The van der Waals surface area contributed by atoms with Gasteiger partial charge in [-0.25, -0.2) is 0 Å². The molecule has 0 bridgehead atoms. The van der Waals surface area contributed by atoms with Gasteiger partial charge in [-0.15, -0.1) is 0 Å². The molecular formula is C16H21NO3. The second-order valence-corrected chi connectivity index (χ2v) is 4.80. The van der Waals surface area contributed by atoms with Crippen molar-refractivity contribution in [1.82, 2.24) is 5.16 Å². The highest BCUT2D eigenvalue weighted by molar-refractivity contribution is 5.70. The average Bonchev–Trinajstić information content (AvgIpc) is 2.77. The maximum absolute atomic E-state index is 5.65. The summed E-state index contributed by atoms with van der Waals surface area (Å²) in [5, 5.41) is 4.02. The second-order valence-electron chi connectivity index (χ2n) is 4.80. The number of hydrogen-bond acceptors (Lipinski definition) is 4. The number of hydrogen-bond donors (Lipinski definition) is 0. The maximum atomic E-state index is 5.65. The highest BCUT2D eigenvalue weighted by atomic mass is 16.5. The molecule has 0 N–H and O–H groups in total. The van der Waals surface area contributed by atoms with Crippen molar-refractivity contribution in [3.63, 3.8) is 0 Å². The molecule has 4 nitrogen and oxygen atoms in total. The average molecular weight is 275 g/mol. The number of methoxy groups -OCH3 is 1. The predicted octanol–water partition coefficient (Wildman–Crippen LogP) is 4.06. The first-order valence-electron chi connectivity index (χ1n) is 6.80. The minimum absolute atomic E-state index is 0.00892. The van der Waals surface area contributed by atoms with E-state index in [1.54, 1.807) is 7.11 Å². The molecule has 1 atom stereocenters. The van der Waals surface area contributed by atoms with Crippen molar-refractivity contribution < 1.29 is 14.0 Å². The Morgan fingerprint density at radius 2 is 2.00 bits per heavy atom. The zero-order valence-corrected chi connectivity index (χ0v) is 12.7. The molecule has 0 saturated heterocycles. The van der Waals surface area contributed by atoms with Gasteiger partial charge >= 0.3 is 0 Å². The van der Waals surface area contributed by atoms with Crippen molar-refractivity contribution in [3.8, 4) is 16.9 Å². The summed E-state index contributed by atoms with van der Waals surface area (Å²) in [6.07, 6.45) is 0.00892. The molecule has 0 radical (unpaired) electrons. The fraction of sp³-hybridized carbons (Fsp3) is 0.438. The van der Waals surface area contributed by atoms with Gasteiger partial charge in [-0.1, -0.05) is 5.16 Å². The van der Waals surface area contributed by atoms with E-state index in [4.69, 9.17) is 14.0 Å². The third-order valence-corrected chi connectivity index (χ3v) is 3.38. The van der Waals surface area contributed by atoms with Gasteiger partial charge in [0.15, 0.2) is 0 Å². The molecule has 0 aliphatic carbocycles. The SMILES string of the molecule is CCOc1cc(-c2c(C)noc2C)cc(C(C)OC)c1. The van der Waals surface area contributed by atoms with Crippen LogP contribution in [0.4, 0.5) is 0 Å². The van der Waals surface area contributed by atoms with Crippen LogP contribution in [-0.4, -0.2) is 18.9 Å². The molecule has 20 heavy (non-hydrogen) atoms. The summed E-state index contributed by atoms with van der Waals surface area (Å²) in [5.41, 5.74) is 4.03. The highest BCUT2D eigenvalue weighted by Crippen LogP contribution is 2.33. The minimum Gasteiger partial charge on any atom is -0.494 e. The van der Waals surface area contributed by atoms with Gasteiger partial charge in [0.05, 0.1) is 18.4 Å². The molecule has 1 aromatic carbocycles. The van der Waals surface area contributed by atoms with Crippen LogP contribution in [0.1, 0.15) is 37.0 Å². The first-order valence-corrected chi connectivity index (χ1v) is 6.80. The number of aryl methyl sites for hydroxylation is 2. The van der Waals surface area contributed by atoms with E-state index in [1.807, 2.05) is 39.8 Å². The van der Waals surface area contributed by atoms with E-state index in [0.717, 1.165) is 33.9 Å². The normalized spacial score (nSPS) is 12.4. The Hall–Kier alpha value is -1.81. The smallest absolute Gasteiger partial charge is 0.141 e. The lowest BCUT2D eigenvalue weighted by molar-refractivity contribution is 0.119. The third kappa shape index (κ3) is 2.85. The summed E-state index contributed by atoms with van der Waals surface area (Å²) in [5.74, 6) is 1.65. The third-order valence-electron chi connectivity index (χ3n) is 3.38. The van der Waals surface area contributed by atoms with E-state index in [9.17, 15) is 0 Å². The predicted molar refractivity (Wildman–Crippen MR) is 78.0 cm³/mol. The van der Waals surface area contributed by atoms with Gasteiger partial charge in [0.2, 0.25) is 0 Å². The molecule has 2 rings (SSSR count). The molecule has 0 saturated carbocycles. The van der Waals surface area contributed by atoms with Crippen molar-refractivity contribution in [2.45, 2.75) is 33.8 Å². The van der Waals surface area contributed by atoms with Crippen LogP contribution in [0.25, 0.3) is 11.1 Å². The molecule has 108 valence electrons. The van der Waals surface area contributed by atoms with Crippen LogP contribution in [-0.2, 0) is 4.74 Å². The van der Waals surface area contributed by atoms with E-state index in [0.29, 0.717) is 6.61 Å². The second kappa shape index (κ2) is 6.09. The van der Waals surface area contributed by atoms with Gasteiger partial charge in [0.25, 0.3) is 0 Å². The number of ether oxygens (including phenoxy) is 2. The van der Waals surface area contributed by atoms with Crippen LogP contribution in [0.2, 0.25) is 0 Å². The fourth-order valence-corrected chi connectivity index (χ4v) is 2.28. The summed E-state index contributed by atoms with van der Waals surface area (Å²) in [6, 6.07) is 6.13. The Labute approximate surface area is 119 Å². The van der Waals surface area contributed by atoms with Crippen molar-refractivity contribution in [1.29, 1.82) is 0 Å². The van der Waals surface area contributed by atoms with E-state index in [1.165, 1.54) is 0 Å². The zero-order chi connectivity index (χ0) is 14.7. The Morgan fingerprint density at radius 3 is 2.55 bits per heavy atom. The van der Waals surface area contributed by atoms with Crippen molar-refractivity contribution >= 4 is 0 Å². The highest BCUT2D eigenvalue weighted by Gasteiger charge is 2.15. The van der Waals surface area contributed by atoms with Gasteiger partial charge < -0.3 is 14.0 Å². The van der Waals surface area contributed by atoms with E-state index in [2.05, 4.69) is 11.2 Å². The monoisotopic (exact) mass is 275 g/mol. The van der Waals surface area contributed by atoms with E-state index >= 15 is 0 Å². The van der Waals surface area contributed by atoms with Crippen molar-refractivity contribution in [2.75, 3.05) is 13.7 Å². The maximum Gasteiger partial charge on any atom is 0.141 e. The van der Waals surface area contributed by atoms with Crippen LogP contribution in [0.15, 0.2) is 22.7 Å². The van der Waals surface area contributed by atoms with Crippen LogP contribution >= 0.6 is 0 Å². The molecule has 0 aliphatic heterocycles. The molecule has 0 aliphatic rings. The lowest BCUT2D eigenvalue weighted by atomic mass is 9.99. The first-order chi connectivity index (χ1) is 9.56. The van der Waals surface area contributed by atoms with Gasteiger partial charge in [0.1, 0.15) is 11.5 Å². The first kappa shape index (κ1) is 14.6. The minimum atomic E-state index is 0.00892. The van der Waals surface area contributed by atoms with Gasteiger partial charge in [-0.3, -0.25) is 0 Å². The molecule has 0 fully saturated rings. The molecular weight excluding hydrogens is 254 g/mol. The van der Waals surface area contributed by atoms with Gasteiger partial charge in [0, 0.05) is 12.7 Å². The van der Waals surface area contributed by atoms with E-state index in [-0.39, 0.29) is 6.10 Å². The summed E-state index contributed by atoms with van der Waals surface area (Å²) in [4.78, 5) is 0.